The predicted octanol–water partition coefficient (Wildman–Crippen LogP) is 3.46. The molecule has 1 aromatic carbocycles. The lowest BCUT2D eigenvalue weighted by Crippen LogP contribution is -2.50. The van der Waals surface area contributed by atoms with Crippen molar-refractivity contribution < 1.29 is 9.53 Å². The molecular formula is C24H26N4O2. The molecule has 0 saturated heterocycles. The van der Waals surface area contributed by atoms with E-state index < -0.39 is 5.54 Å². The number of benzene rings is 1. The molecule has 0 bridgehead atoms. The maximum atomic E-state index is 13.7. The summed E-state index contributed by atoms with van der Waals surface area (Å²) in [6.07, 6.45) is 6.45. The Morgan fingerprint density at radius 3 is 2.80 bits per heavy atom. The fourth-order valence-corrected chi connectivity index (χ4v) is 4.79. The third-order valence-electron chi connectivity index (χ3n) is 6.31. The van der Waals surface area contributed by atoms with Gasteiger partial charge in [0.1, 0.15) is 22.7 Å². The second kappa shape index (κ2) is 7.27. The maximum absolute atomic E-state index is 13.7. The van der Waals surface area contributed by atoms with E-state index in [4.69, 9.17) is 4.74 Å². The second-order valence-electron chi connectivity index (χ2n) is 8.28. The van der Waals surface area contributed by atoms with Crippen LogP contribution in [0.2, 0.25) is 0 Å². The molecule has 0 spiro atoms. The van der Waals surface area contributed by atoms with E-state index >= 15 is 0 Å². The summed E-state index contributed by atoms with van der Waals surface area (Å²) < 4.78 is 7.62. The minimum absolute atomic E-state index is 0.104. The lowest BCUT2D eigenvalue weighted by atomic mass is 9.81. The Bertz CT molecular complexity index is 1100. The first-order valence-corrected chi connectivity index (χ1v) is 10.6. The summed E-state index contributed by atoms with van der Waals surface area (Å²) in [5.74, 6) is 0.615. The Morgan fingerprint density at radius 1 is 1.17 bits per heavy atom. The third kappa shape index (κ3) is 2.98. The normalized spacial score (nSPS) is 20.1. The monoisotopic (exact) mass is 402 g/mol. The van der Waals surface area contributed by atoms with Gasteiger partial charge in [-0.1, -0.05) is 29.8 Å². The Kier molecular flexibility index (Phi) is 4.57. The SMILES string of the molecule is Cc1ccc([C@@]2(NC(=O)c3c4c(nn3C)CCCC4)CCOc3cccnc32)cc1. The van der Waals surface area contributed by atoms with Crippen molar-refractivity contribution in [3.63, 3.8) is 0 Å². The summed E-state index contributed by atoms with van der Waals surface area (Å²) in [5, 5.41) is 8.01. The molecule has 2 aromatic heterocycles. The Balaban J connectivity index is 1.62. The smallest absolute Gasteiger partial charge is 0.270 e. The van der Waals surface area contributed by atoms with Gasteiger partial charge in [0.15, 0.2) is 0 Å². The van der Waals surface area contributed by atoms with Gasteiger partial charge in [0.2, 0.25) is 0 Å². The first-order chi connectivity index (χ1) is 14.6. The molecule has 2 aliphatic rings. The van der Waals surface area contributed by atoms with Crippen molar-refractivity contribution in [2.45, 2.75) is 44.6 Å². The molecule has 0 unspecified atom stereocenters. The third-order valence-corrected chi connectivity index (χ3v) is 6.31. The van der Waals surface area contributed by atoms with Crippen molar-refractivity contribution in [1.29, 1.82) is 0 Å². The molecule has 3 aromatic rings. The Morgan fingerprint density at radius 2 is 1.97 bits per heavy atom. The number of aromatic nitrogens is 3. The zero-order valence-corrected chi connectivity index (χ0v) is 17.4. The zero-order chi connectivity index (χ0) is 20.7. The van der Waals surface area contributed by atoms with Crippen LogP contribution in [-0.2, 0) is 25.4 Å². The van der Waals surface area contributed by atoms with Gasteiger partial charge in [-0.15, -0.1) is 0 Å². The van der Waals surface area contributed by atoms with Crippen molar-refractivity contribution in [2.24, 2.45) is 7.05 Å². The first kappa shape index (κ1) is 18.9. The summed E-state index contributed by atoms with van der Waals surface area (Å²) in [6, 6.07) is 12.1. The molecule has 30 heavy (non-hydrogen) atoms. The van der Waals surface area contributed by atoms with Gasteiger partial charge in [0.25, 0.3) is 5.91 Å². The summed E-state index contributed by atoms with van der Waals surface area (Å²) in [4.78, 5) is 18.3. The van der Waals surface area contributed by atoms with Gasteiger partial charge in [-0.05, 0) is 50.3 Å². The van der Waals surface area contributed by atoms with E-state index in [0.717, 1.165) is 53.9 Å². The lowest BCUT2D eigenvalue weighted by Gasteiger charge is -2.39. The molecular weight excluding hydrogens is 376 g/mol. The number of aryl methyl sites for hydroxylation is 3. The van der Waals surface area contributed by atoms with E-state index in [1.165, 1.54) is 5.56 Å². The number of hydrogen-bond acceptors (Lipinski definition) is 4. The highest BCUT2D eigenvalue weighted by Gasteiger charge is 2.43. The zero-order valence-electron chi connectivity index (χ0n) is 17.4. The predicted molar refractivity (Wildman–Crippen MR) is 114 cm³/mol. The van der Waals surface area contributed by atoms with E-state index in [9.17, 15) is 4.79 Å². The maximum Gasteiger partial charge on any atom is 0.270 e. The van der Waals surface area contributed by atoms with Crippen LogP contribution >= 0.6 is 0 Å². The van der Waals surface area contributed by atoms with Crippen LogP contribution in [0.25, 0.3) is 0 Å². The molecule has 0 fully saturated rings. The molecule has 1 aliphatic carbocycles. The van der Waals surface area contributed by atoms with Gasteiger partial charge in [-0.2, -0.15) is 5.10 Å². The van der Waals surface area contributed by atoms with Gasteiger partial charge in [0.05, 0.1) is 12.3 Å². The quantitative estimate of drug-likeness (QED) is 0.729. The van der Waals surface area contributed by atoms with E-state index in [1.807, 2.05) is 19.2 Å². The molecule has 6 heteroatoms. The van der Waals surface area contributed by atoms with Crippen LogP contribution in [0.15, 0.2) is 42.6 Å². The van der Waals surface area contributed by atoms with Crippen LogP contribution in [0, 0.1) is 6.92 Å². The van der Waals surface area contributed by atoms with Crippen LogP contribution < -0.4 is 10.1 Å². The van der Waals surface area contributed by atoms with Crippen LogP contribution in [0.4, 0.5) is 0 Å². The van der Waals surface area contributed by atoms with Crippen LogP contribution in [0.5, 0.6) is 5.75 Å². The minimum Gasteiger partial charge on any atom is -0.491 e. The van der Waals surface area contributed by atoms with Crippen LogP contribution in [-0.4, -0.2) is 27.3 Å². The standard InChI is InChI=1S/C24H26N4O2/c1-16-9-11-17(12-10-16)24(13-15-30-20-8-5-14-25-22(20)24)26-23(29)21-18-6-3-4-7-19(18)27-28(21)2/h5,8-12,14H,3-4,6-7,13,15H2,1-2H3,(H,26,29)/t24-/m0/s1. The molecule has 154 valence electrons. The number of pyridine rings is 1. The van der Waals surface area contributed by atoms with Crippen molar-refractivity contribution in [3.05, 3.63) is 76.4 Å². The number of ether oxygens (including phenoxy) is 1. The van der Waals surface area contributed by atoms with E-state index in [-0.39, 0.29) is 5.91 Å². The second-order valence-corrected chi connectivity index (χ2v) is 8.28. The van der Waals surface area contributed by atoms with Gasteiger partial charge in [0, 0.05) is 25.2 Å². The molecule has 1 aliphatic heterocycles. The van der Waals surface area contributed by atoms with Crippen molar-refractivity contribution in [3.8, 4) is 5.75 Å². The summed E-state index contributed by atoms with van der Waals surface area (Å²) in [6.45, 7) is 2.57. The number of nitrogens with one attached hydrogen (secondary N) is 1. The molecule has 1 N–H and O–H groups in total. The average Bonchev–Trinajstić information content (AvgIpc) is 3.10. The van der Waals surface area contributed by atoms with Gasteiger partial charge in [-0.25, -0.2) is 0 Å². The van der Waals surface area contributed by atoms with Gasteiger partial charge in [-0.3, -0.25) is 14.5 Å². The van der Waals surface area contributed by atoms with Crippen LogP contribution in [0.1, 0.15) is 57.8 Å². The number of amides is 1. The van der Waals surface area contributed by atoms with Crippen molar-refractivity contribution >= 4 is 5.91 Å². The number of carbonyl (C=O) groups excluding carboxylic acids is 1. The summed E-state index contributed by atoms with van der Waals surface area (Å²) in [7, 11) is 1.86. The highest BCUT2D eigenvalue weighted by Crippen LogP contribution is 2.41. The fraction of sp³-hybridized carbons (Fsp3) is 0.375. The number of fused-ring (bicyclic) bond motifs is 2. The topological polar surface area (TPSA) is 69.0 Å². The van der Waals surface area contributed by atoms with E-state index in [2.05, 4.69) is 46.6 Å². The largest absolute Gasteiger partial charge is 0.491 e. The highest BCUT2D eigenvalue weighted by atomic mass is 16.5. The highest BCUT2D eigenvalue weighted by molar-refractivity contribution is 5.95. The molecule has 1 atom stereocenters. The van der Waals surface area contributed by atoms with E-state index in [0.29, 0.717) is 18.7 Å². The Hall–Kier alpha value is -3.15. The first-order valence-electron chi connectivity index (χ1n) is 10.6. The summed E-state index contributed by atoms with van der Waals surface area (Å²) >= 11 is 0. The molecule has 5 rings (SSSR count). The number of hydrogen-bond donors (Lipinski definition) is 1. The minimum atomic E-state index is -0.745. The number of nitrogens with zero attached hydrogens (tertiary/aromatic N) is 3. The average molecular weight is 402 g/mol. The lowest BCUT2D eigenvalue weighted by molar-refractivity contribution is 0.0873. The number of carbonyl (C=O) groups is 1. The molecule has 0 radical (unpaired) electrons. The van der Waals surface area contributed by atoms with Crippen molar-refractivity contribution in [1.82, 2.24) is 20.1 Å². The van der Waals surface area contributed by atoms with Crippen LogP contribution in [0.3, 0.4) is 0 Å². The van der Waals surface area contributed by atoms with Crippen molar-refractivity contribution in [2.75, 3.05) is 6.61 Å². The molecule has 1 amide bonds. The van der Waals surface area contributed by atoms with Gasteiger partial charge >= 0.3 is 0 Å². The van der Waals surface area contributed by atoms with Gasteiger partial charge < -0.3 is 10.1 Å². The van der Waals surface area contributed by atoms with E-state index in [1.54, 1.807) is 10.9 Å². The molecule has 6 nitrogen and oxygen atoms in total. The Labute approximate surface area is 176 Å². The number of rotatable bonds is 3. The fourth-order valence-electron chi connectivity index (χ4n) is 4.79. The molecule has 0 saturated carbocycles. The summed E-state index contributed by atoms with van der Waals surface area (Å²) in [5.41, 5.74) is 5.02. The molecule has 3 heterocycles.